The van der Waals surface area contributed by atoms with Crippen molar-refractivity contribution in [1.29, 1.82) is 5.26 Å². The SMILES string of the molecule is Cc1cc(Cl)nc(N/C=C(\C#N)C(=O)c2cc(-c3ccc(Cl)cc3)oc2C)n1. The standard InChI is InChI=1S/C20H14Cl2N4O2/c1-11-7-18(22)26-20(25-11)24-10-14(9-23)19(27)16-8-17(28-12(16)2)13-3-5-15(21)6-4-13/h3-8,10H,1-2H3,(H,24,25,26)/b14-10+. The summed E-state index contributed by atoms with van der Waals surface area (Å²) < 4.78 is 5.69. The Hall–Kier alpha value is -3.14. The number of hydrogen-bond donors (Lipinski definition) is 1. The molecule has 3 rings (SSSR count). The topological polar surface area (TPSA) is 91.8 Å². The molecule has 0 saturated heterocycles. The fraction of sp³-hybridized carbons (Fsp3) is 0.100. The highest BCUT2D eigenvalue weighted by Crippen LogP contribution is 2.28. The maximum Gasteiger partial charge on any atom is 0.228 e. The van der Waals surface area contributed by atoms with Gasteiger partial charge in [0.05, 0.1) is 5.56 Å². The number of halogens is 2. The summed E-state index contributed by atoms with van der Waals surface area (Å²) in [6.45, 7) is 3.42. The van der Waals surface area contributed by atoms with Gasteiger partial charge in [0, 0.05) is 22.5 Å². The Labute approximate surface area is 171 Å². The van der Waals surface area contributed by atoms with Crippen molar-refractivity contribution < 1.29 is 9.21 Å². The molecule has 2 heterocycles. The quantitative estimate of drug-likeness (QED) is 0.262. The summed E-state index contributed by atoms with van der Waals surface area (Å²) in [5.41, 5.74) is 1.60. The van der Waals surface area contributed by atoms with E-state index in [9.17, 15) is 10.1 Å². The largest absolute Gasteiger partial charge is 0.461 e. The van der Waals surface area contributed by atoms with Crippen molar-refractivity contribution in [3.63, 3.8) is 0 Å². The number of Topliss-reactive ketones (excluding diaryl/α,β-unsaturated/α-hetero) is 1. The van der Waals surface area contributed by atoms with Crippen LogP contribution in [0.25, 0.3) is 11.3 Å². The van der Waals surface area contributed by atoms with E-state index in [0.717, 1.165) is 5.56 Å². The third-order valence-corrected chi connectivity index (χ3v) is 4.27. The maximum atomic E-state index is 12.8. The lowest BCUT2D eigenvalue weighted by molar-refractivity contribution is 0.103. The van der Waals surface area contributed by atoms with E-state index in [-0.39, 0.29) is 16.7 Å². The molecule has 0 radical (unpaired) electrons. The molecule has 0 saturated carbocycles. The van der Waals surface area contributed by atoms with Gasteiger partial charge in [-0.1, -0.05) is 23.2 Å². The molecule has 0 bridgehead atoms. The molecule has 2 aromatic heterocycles. The van der Waals surface area contributed by atoms with Crippen molar-refractivity contribution in [3.8, 4) is 17.4 Å². The van der Waals surface area contributed by atoms with Gasteiger partial charge < -0.3 is 9.73 Å². The number of carbonyl (C=O) groups is 1. The smallest absolute Gasteiger partial charge is 0.228 e. The van der Waals surface area contributed by atoms with Crippen LogP contribution in [0.15, 0.2) is 52.6 Å². The normalized spacial score (nSPS) is 11.2. The average Bonchev–Trinajstić information content (AvgIpc) is 3.03. The van der Waals surface area contributed by atoms with Crippen molar-refractivity contribution in [1.82, 2.24) is 9.97 Å². The van der Waals surface area contributed by atoms with Gasteiger partial charge in [-0.15, -0.1) is 0 Å². The van der Waals surface area contributed by atoms with Crippen molar-refractivity contribution in [3.05, 3.63) is 75.4 Å². The Balaban J connectivity index is 1.87. The molecule has 1 N–H and O–H groups in total. The van der Waals surface area contributed by atoms with Gasteiger partial charge in [0.25, 0.3) is 0 Å². The zero-order valence-electron chi connectivity index (χ0n) is 15.0. The van der Waals surface area contributed by atoms with Crippen LogP contribution in [-0.4, -0.2) is 15.8 Å². The number of anilines is 1. The Morgan fingerprint density at radius 1 is 1.18 bits per heavy atom. The van der Waals surface area contributed by atoms with E-state index in [4.69, 9.17) is 27.6 Å². The van der Waals surface area contributed by atoms with Gasteiger partial charge in [0.15, 0.2) is 0 Å². The van der Waals surface area contributed by atoms with Crippen LogP contribution in [0.1, 0.15) is 21.8 Å². The van der Waals surface area contributed by atoms with Crippen LogP contribution in [0.5, 0.6) is 0 Å². The maximum absolute atomic E-state index is 12.8. The number of hydrogen-bond acceptors (Lipinski definition) is 6. The van der Waals surface area contributed by atoms with E-state index in [2.05, 4.69) is 15.3 Å². The monoisotopic (exact) mass is 412 g/mol. The van der Waals surface area contributed by atoms with Gasteiger partial charge in [0.2, 0.25) is 11.7 Å². The number of rotatable bonds is 5. The van der Waals surface area contributed by atoms with E-state index in [1.165, 1.54) is 6.20 Å². The van der Waals surface area contributed by atoms with Crippen LogP contribution in [0.3, 0.4) is 0 Å². The highest BCUT2D eigenvalue weighted by Gasteiger charge is 2.20. The summed E-state index contributed by atoms with van der Waals surface area (Å²) >= 11 is 11.8. The summed E-state index contributed by atoms with van der Waals surface area (Å²) in [6, 6.07) is 12.1. The van der Waals surface area contributed by atoms with Crippen LogP contribution in [-0.2, 0) is 0 Å². The zero-order chi connectivity index (χ0) is 20.3. The third-order valence-electron chi connectivity index (χ3n) is 3.82. The van der Waals surface area contributed by atoms with E-state index in [1.54, 1.807) is 50.2 Å². The average molecular weight is 413 g/mol. The number of benzene rings is 1. The summed E-state index contributed by atoms with van der Waals surface area (Å²) in [4.78, 5) is 20.9. The van der Waals surface area contributed by atoms with Gasteiger partial charge >= 0.3 is 0 Å². The summed E-state index contributed by atoms with van der Waals surface area (Å²) in [5.74, 6) is 0.633. The highest BCUT2D eigenvalue weighted by atomic mass is 35.5. The van der Waals surface area contributed by atoms with Crippen LogP contribution in [0.2, 0.25) is 10.2 Å². The molecule has 3 aromatic rings. The number of aryl methyl sites for hydroxylation is 2. The minimum Gasteiger partial charge on any atom is -0.461 e. The molecule has 0 aliphatic heterocycles. The second-order valence-electron chi connectivity index (χ2n) is 5.89. The molecule has 0 amide bonds. The highest BCUT2D eigenvalue weighted by molar-refractivity contribution is 6.30. The van der Waals surface area contributed by atoms with Crippen molar-refractivity contribution >= 4 is 34.9 Å². The number of ketones is 1. The van der Waals surface area contributed by atoms with Gasteiger partial charge in [-0.2, -0.15) is 5.26 Å². The predicted molar refractivity (Wildman–Crippen MR) is 107 cm³/mol. The third kappa shape index (κ3) is 4.39. The van der Waals surface area contributed by atoms with Crippen molar-refractivity contribution in [2.45, 2.75) is 13.8 Å². The Morgan fingerprint density at radius 3 is 2.54 bits per heavy atom. The summed E-state index contributed by atoms with van der Waals surface area (Å²) in [7, 11) is 0. The summed E-state index contributed by atoms with van der Waals surface area (Å²) in [5, 5.41) is 13.0. The van der Waals surface area contributed by atoms with Gasteiger partial charge in [-0.25, -0.2) is 9.97 Å². The van der Waals surface area contributed by atoms with Crippen molar-refractivity contribution in [2.75, 3.05) is 5.32 Å². The molecule has 0 atom stereocenters. The molecule has 28 heavy (non-hydrogen) atoms. The molecular weight excluding hydrogens is 399 g/mol. The molecule has 0 aliphatic rings. The lowest BCUT2D eigenvalue weighted by Crippen LogP contribution is -2.06. The number of aromatic nitrogens is 2. The fourth-order valence-corrected chi connectivity index (χ4v) is 2.85. The van der Waals surface area contributed by atoms with Gasteiger partial charge in [-0.3, -0.25) is 4.79 Å². The number of nitrogens with one attached hydrogen (secondary N) is 1. The first-order valence-electron chi connectivity index (χ1n) is 8.16. The first-order valence-corrected chi connectivity index (χ1v) is 8.92. The molecule has 0 spiro atoms. The van der Waals surface area contributed by atoms with Crippen molar-refractivity contribution in [2.24, 2.45) is 0 Å². The van der Waals surface area contributed by atoms with E-state index in [1.807, 2.05) is 6.07 Å². The number of nitriles is 1. The molecule has 0 unspecified atom stereocenters. The Bertz CT molecular complexity index is 1090. The summed E-state index contributed by atoms with van der Waals surface area (Å²) in [6.07, 6.45) is 1.25. The molecule has 0 aliphatic carbocycles. The first kappa shape index (κ1) is 19.6. The minimum absolute atomic E-state index is 0.118. The first-order chi connectivity index (χ1) is 13.4. The number of furan rings is 1. The second kappa shape index (κ2) is 8.26. The molecule has 1 aromatic carbocycles. The van der Waals surface area contributed by atoms with Crippen LogP contribution in [0.4, 0.5) is 5.95 Å². The predicted octanol–water partition coefficient (Wildman–Crippen LogP) is 5.36. The van der Waals surface area contributed by atoms with Crippen LogP contribution >= 0.6 is 23.2 Å². The van der Waals surface area contributed by atoms with E-state index in [0.29, 0.717) is 27.8 Å². The van der Waals surface area contributed by atoms with Gasteiger partial charge in [-0.05, 0) is 50.2 Å². The lowest BCUT2D eigenvalue weighted by atomic mass is 10.0. The molecule has 6 nitrogen and oxygen atoms in total. The molecule has 0 fully saturated rings. The number of nitrogens with zero attached hydrogens (tertiary/aromatic N) is 3. The Kier molecular flexibility index (Phi) is 5.78. The fourth-order valence-electron chi connectivity index (χ4n) is 2.49. The van der Waals surface area contributed by atoms with E-state index >= 15 is 0 Å². The second-order valence-corrected chi connectivity index (χ2v) is 6.71. The number of carbonyl (C=O) groups excluding carboxylic acids is 1. The molecule has 8 heteroatoms. The lowest BCUT2D eigenvalue weighted by Gasteiger charge is -2.02. The van der Waals surface area contributed by atoms with Crippen LogP contribution < -0.4 is 5.32 Å². The minimum atomic E-state index is -0.477. The molecule has 140 valence electrons. The number of allylic oxidation sites excluding steroid dienone is 1. The van der Waals surface area contributed by atoms with Gasteiger partial charge in [0.1, 0.15) is 28.3 Å². The Morgan fingerprint density at radius 2 is 1.89 bits per heavy atom. The zero-order valence-corrected chi connectivity index (χ0v) is 16.5. The van der Waals surface area contributed by atoms with Crippen LogP contribution in [0, 0.1) is 25.2 Å². The van der Waals surface area contributed by atoms with E-state index < -0.39 is 5.78 Å². The molecular formula is C20H14Cl2N4O2.